The van der Waals surface area contributed by atoms with Crippen molar-refractivity contribution in [1.29, 1.82) is 0 Å². The molecule has 0 aliphatic carbocycles. The Morgan fingerprint density at radius 2 is 1.78 bits per heavy atom. The molecular formula is C25H28N4O6S. The Hall–Kier alpha value is -3.86. The lowest BCUT2D eigenvalue weighted by Gasteiger charge is -2.19. The van der Waals surface area contributed by atoms with Gasteiger partial charge in [0.05, 0.1) is 43.8 Å². The molecule has 0 amide bonds. The Morgan fingerprint density at radius 1 is 1.06 bits per heavy atom. The number of H-pyrrole nitrogens is 1. The number of hydrogen-bond acceptors (Lipinski definition) is 8. The molecule has 1 unspecified atom stereocenters. The molecule has 0 saturated carbocycles. The molecule has 0 saturated heterocycles. The van der Waals surface area contributed by atoms with Crippen molar-refractivity contribution in [2.45, 2.75) is 19.9 Å². The number of aromatic nitrogens is 4. The molecule has 0 spiro atoms. The van der Waals surface area contributed by atoms with Crippen molar-refractivity contribution in [3.05, 3.63) is 64.3 Å². The van der Waals surface area contributed by atoms with Crippen LogP contribution in [0.3, 0.4) is 0 Å². The second-order valence-corrected chi connectivity index (χ2v) is 10.5. The minimum atomic E-state index is -3.52. The van der Waals surface area contributed by atoms with Crippen molar-refractivity contribution in [3.63, 3.8) is 0 Å². The number of imidazole rings is 1. The van der Waals surface area contributed by atoms with Crippen LogP contribution in [0.5, 0.6) is 17.4 Å². The van der Waals surface area contributed by atoms with E-state index in [0.29, 0.717) is 35.0 Å². The Kier molecular flexibility index (Phi) is 7.02. The molecule has 0 fully saturated rings. The van der Waals surface area contributed by atoms with E-state index in [1.54, 1.807) is 32.4 Å². The van der Waals surface area contributed by atoms with Gasteiger partial charge in [-0.3, -0.25) is 4.57 Å². The van der Waals surface area contributed by atoms with Crippen molar-refractivity contribution in [3.8, 4) is 28.5 Å². The summed E-state index contributed by atoms with van der Waals surface area (Å²) < 4.78 is 42.6. The van der Waals surface area contributed by atoms with Crippen molar-refractivity contribution >= 4 is 21.0 Å². The molecule has 4 aromatic rings. The Morgan fingerprint density at radius 3 is 2.44 bits per heavy atom. The number of aryl methyl sites for hydroxylation is 1. The van der Waals surface area contributed by atoms with Crippen LogP contribution in [0.2, 0.25) is 0 Å². The first kappa shape index (κ1) is 25.2. The number of fused-ring (bicyclic) bond motifs is 1. The van der Waals surface area contributed by atoms with Crippen LogP contribution in [0.1, 0.15) is 24.2 Å². The van der Waals surface area contributed by atoms with Gasteiger partial charge in [-0.2, -0.15) is 0 Å². The number of hydrogen-bond donors (Lipinski definition) is 1. The molecular weight excluding hydrogens is 484 g/mol. The van der Waals surface area contributed by atoms with Crippen molar-refractivity contribution in [1.82, 2.24) is 19.5 Å². The number of ether oxygens (including phenoxy) is 3. The summed E-state index contributed by atoms with van der Waals surface area (Å²) in [6.45, 7) is 4.01. The molecule has 0 aliphatic heterocycles. The highest BCUT2D eigenvalue weighted by Gasteiger charge is 2.27. The lowest BCUT2D eigenvalue weighted by Crippen LogP contribution is -2.29. The van der Waals surface area contributed by atoms with E-state index in [0.717, 1.165) is 22.9 Å². The van der Waals surface area contributed by atoms with E-state index in [-0.39, 0.29) is 11.6 Å². The van der Waals surface area contributed by atoms with Gasteiger partial charge in [0.2, 0.25) is 0 Å². The van der Waals surface area contributed by atoms with Gasteiger partial charge < -0.3 is 19.2 Å². The predicted octanol–water partition coefficient (Wildman–Crippen LogP) is 3.14. The van der Waals surface area contributed by atoms with Gasteiger partial charge in [-0.05, 0) is 37.6 Å². The number of methoxy groups -OCH3 is 2. The van der Waals surface area contributed by atoms with Crippen LogP contribution < -0.4 is 19.9 Å². The lowest BCUT2D eigenvalue weighted by molar-refractivity contribution is 0.296. The van der Waals surface area contributed by atoms with E-state index in [1.165, 1.54) is 11.7 Å². The zero-order chi connectivity index (χ0) is 26.0. The van der Waals surface area contributed by atoms with Gasteiger partial charge >= 0.3 is 5.69 Å². The third kappa shape index (κ3) is 4.78. The fraction of sp³-hybridized carbons (Fsp3) is 0.320. The molecule has 1 N–H and O–H groups in total. The topological polar surface area (TPSA) is 125 Å². The van der Waals surface area contributed by atoms with Gasteiger partial charge in [-0.25, -0.2) is 23.2 Å². The molecule has 1 atom stereocenters. The number of aromatic amines is 1. The number of rotatable bonds is 9. The van der Waals surface area contributed by atoms with Crippen LogP contribution in [-0.4, -0.2) is 60.8 Å². The number of nitrogens with one attached hydrogen (secondary N) is 1. The molecule has 11 heteroatoms. The van der Waals surface area contributed by atoms with Gasteiger partial charge in [0.25, 0.3) is 5.88 Å². The first-order valence-electron chi connectivity index (χ1n) is 11.3. The molecule has 0 aliphatic rings. The molecule has 3 heterocycles. The summed E-state index contributed by atoms with van der Waals surface area (Å²) in [5, 5.41) is 0. The molecule has 4 rings (SSSR count). The van der Waals surface area contributed by atoms with E-state index in [9.17, 15) is 13.2 Å². The average molecular weight is 513 g/mol. The van der Waals surface area contributed by atoms with Crippen LogP contribution in [0.4, 0.5) is 0 Å². The maximum Gasteiger partial charge on any atom is 0.328 e. The Bertz CT molecular complexity index is 1580. The van der Waals surface area contributed by atoms with Crippen molar-refractivity contribution in [2.75, 3.05) is 32.8 Å². The van der Waals surface area contributed by atoms with E-state index >= 15 is 0 Å². The lowest BCUT2D eigenvalue weighted by atomic mass is 10.0. The van der Waals surface area contributed by atoms with Crippen molar-refractivity contribution in [2.24, 2.45) is 0 Å². The van der Waals surface area contributed by atoms with Crippen LogP contribution >= 0.6 is 0 Å². The number of nitrogens with zero attached hydrogens (tertiary/aromatic N) is 3. The molecule has 190 valence electrons. The first-order chi connectivity index (χ1) is 17.2. The minimum Gasteiger partial charge on any atom is -0.496 e. The largest absolute Gasteiger partial charge is 0.496 e. The van der Waals surface area contributed by atoms with E-state index in [4.69, 9.17) is 14.2 Å². The number of benzene rings is 1. The maximum atomic E-state index is 13.3. The molecule has 1 aromatic carbocycles. The second-order valence-electron chi connectivity index (χ2n) is 8.28. The fourth-order valence-corrected chi connectivity index (χ4v) is 5.11. The highest BCUT2D eigenvalue weighted by Crippen LogP contribution is 2.35. The SMILES string of the molecule is CCOc1nc(C(CS(C)(=O)=O)n2c(=O)[nH]c3c(C)c(-c4ccccc4OC)cnc32)ccc1OC. The fourth-order valence-electron chi connectivity index (χ4n) is 4.21. The summed E-state index contributed by atoms with van der Waals surface area (Å²) in [5.41, 5.74) is 3.04. The van der Waals surface area contributed by atoms with Crippen LogP contribution in [0, 0.1) is 6.92 Å². The van der Waals surface area contributed by atoms with E-state index < -0.39 is 21.6 Å². The van der Waals surface area contributed by atoms with Crippen LogP contribution in [0.15, 0.2) is 47.4 Å². The normalized spacial score (nSPS) is 12.5. The molecule has 0 radical (unpaired) electrons. The highest BCUT2D eigenvalue weighted by atomic mass is 32.2. The quantitative estimate of drug-likeness (QED) is 0.363. The second kappa shape index (κ2) is 10.0. The van der Waals surface area contributed by atoms with E-state index in [1.807, 2.05) is 31.2 Å². The van der Waals surface area contributed by atoms with Gasteiger partial charge in [-0.15, -0.1) is 0 Å². The monoisotopic (exact) mass is 512 g/mol. The molecule has 36 heavy (non-hydrogen) atoms. The third-order valence-electron chi connectivity index (χ3n) is 5.86. The Balaban J connectivity index is 1.93. The van der Waals surface area contributed by atoms with Gasteiger partial charge in [0.1, 0.15) is 15.6 Å². The summed E-state index contributed by atoms with van der Waals surface area (Å²) in [6, 6.07) is 9.83. The average Bonchev–Trinajstić information content (AvgIpc) is 3.19. The zero-order valence-electron chi connectivity index (χ0n) is 20.7. The summed E-state index contributed by atoms with van der Waals surface area (Å²) in [5.74, 6) is 0.927. The summed E-state index contributed by atoms with van der Waals surface area (Å²) >= 11 is 0. The minimum absolute atomic E-state index is 0.214. The summed E-state index contributed by atoms with van der Waals surface area (Å²) in [7, 11) is -0.445. The van der Waals surface area contributed by atoms with Gasteiger partial charge in [-0.1, -0.05) is 18.2 Å². The zero-order valence-corrected chi connectivity index (χ0v) is 21.5. The molecule has 0 bridgehead atoms. The molecule has 10 nitrogen and oxygen atoms in total. The predicted molar refractivity (Wildman–Crippen MR) is 137 cm³/mol. The summed E-state index contributed by atoms with van der Waals surface area (Å²) in [6.07, 6.45) is 2.77. The van der Waals surface area contributed by atoms with Crippen LogP contribution in [0.25, 0.3) is 22.3 Å². The first-order valence-corrected chi connectivity index (χ1v) is 13.3. The van der Waals surface area contributed by atoms with Crippen LogP contribution in [-0.2, 0) is 9.84 Å². The van der Waals surface area contributed by atoms with E-state index in [2.05, 4.69) is 15.0 Å². The Labute approximate surface area is 208 Å². The van der Waals surface area contributed by atoms with Gasteiger partial charge in [0.15, 0.2) is 11.4 Å². The molecule has 3 aromatic heterocycles. The smallest absolute Gasteiger partial charge is 0.328 e. The maximum absolute atomic E-state index is 13.3. The number of para-hydroxylation sites is 1. The van der Waals surface area contributed by atoms with Gasteiger partial charge in [0, 0.05) is 23.6 Å². The van der Waals surface area contributed by atoms with Crippen molar-refractivity contribution < 1.29 is 22.6 Å². The number of sulfone groups is 1. The third-order valence-corrected chi connectivity index (χ3v) is 6.78. The summed E-state index contributed by atoms with van der Waals surface area (Å²) in [4.78, 5) is 25.2. The highest BCUT2D eigenvalue weighted by molar-refractivity contribution is 7.90. The number of pyridine rings is 2. The standard InChI is InChI=1S/C25H28N4O6S/c1-6-35-24-21(34-4)12-11-18(27-24)19(14-36(5,31)32)29-23-22(28-25(29)30)15(2)17(13-26-23)16-9-7-8-10-20(16)33-3/h7-13,19H,6,14H2,1-5H3,(H,28,30).